The van der Waals surface area contributed by atoms with Crippen LogP contribution in [0.2, 0.25) is 0 Å². The topological polar surface area (TPSA) is 104 Å². The van der Waals surface area contributed by atoms with Crippen LogP contribution in [0.5, 0.6) is 0 Å². The Kier molecular flexibility index (Phi) is 4.41. The number of aromatic amines is 1. The molecule has 0 saturated carbocycles. The SMILES string of the molecule is O=C(NNC(=O)c1cc(-c2ccccc2)n[nH]1)c1ccc2c(c1)C(=O)c1ccccc1-2. The van der Waals surface area contributed by atoms with Crippen LogP contribution in [0.15, 0.2) is 78.9 Å². The summed E-state index contributed by atoms with van der Waals surface area (Å²) in [5.41, 5.74) is 9.46. The molecule has 0 radical (unpaired) electrons. The van der Waals surface area contributed by atoms with Crippen molar-refractivity contribution in [1.82, 2.24) is 21.0 Å². The number of hydrazine groups is 1. The molecule has 0 spiro atoms. The molecule has 1 aliphatic rings. The second-order valence-corrected chi connectivity index (χ2v) is 7.08. The maximum atomic E-state index is 12.6. The number of benzene rings is 3. The number of ketones is 1. The van der Waals surface area contributed by atoms with Crippen LogP contribution in [0.3, 0.4) is 0 Å². The number of hydrogen-bond donors (Lipinski definition) is 3. The smallest absolute Gasteiger partial charge is 0.287 e. The first-order valence-corrected chi connectivity index (χ1v) is 9.61. The summed E-state index contributed by atoms with van der Waals surface area (Å²) in [6, 6.07) is 23.3. The van der Waals surface area contributed by atoms with Crippen molar-refractivity contribution in [3.05, 3.63) is 101 Å². The second-order valence-electron chi connectivity index (χ2n) is 7.08. The third-order valence-corrected chi connectivity index (χ3v) is 5.17. The highest BCUT2D eigenvalue weighted by molar-refractivity contribution is 6.22. The summed E-state index contributed by atoms with van der Waals surface area (Å²) >= 11 is 0. The molecule has 1 aliphatic carbocycles. The van der Waals surface area contributed by atoms with Gasteiger partial charge in [-0.2, -0.15) is 5.10 Å². The molecule has 1 heterocycles. The van der Waals surface area contributed by atoms with E-state index in [0.29, 0.717) is 16.8 Å². The highest BCUT2D eigenvalue weighted by Crippen LogP contribution is 2.36. The molecular weight excluding hydrogens is 392 g/mol. The van der Waals surface area contributed by atoms with Crippen molar-refractivity contribution < 1.29 is 14.4 Å². The number of amides is 2. The fourth-order valence-corrected chi connectivity index (χ4v) is 3.62. The minimum atomic E-state index is -0.535. The average Bonchev–Trinajstić information content (AvgIpc) is 3.42. The maximum Gasteiger partial charge on any atom is 0.287 e. The van der Waals surface area contributed by atoms with Gasteiger partial charge in [0.1, 0.15) is 5.69 Å². The van der Waals surface area contributed by atoms with Gasteiger partial charge in [-0.05, 0) is 29.3 Å². The fraction of sp³-hybridized carbons (Fsp3) is 0. The van der Waals surface area contributed by atoms with Gasteiger partial charge in [0, 0.05) is 22.3 Å². The molecule has 3 N–H and O–H groups in total. The van der Waals surface area contributed by atoms with E-state index in [4.69, 9.17) is 0 Å². The predicted molar refractivity (Wildman–Crippen MR) is 114 cm³/mol. The molecule has 0 unspecified atom stereocenters. The van der Waals surface area contributed by atoms with E-state index >= 15 is 0 Å². The number of fused-ring (bicyclic) bond motifs is 3. The van der Waals surface area contributed by atoms with Crippen LogP contribution < -0.4 is 10.9 Å². The number of hydrogen-bond acceptors (Lipinski definition) is 4. The van der Waals surface area contributed by atoms with Crippen molar-refractivity contribution in [1.29, 1.82) is 0 Å². The van der Waals surface area contributed by atoms with E-state index in [1.165, 1.54) is 0 Å². The Hall–Kier alpha value is -4.52. The number of carbonyl (C=O) groups excluding carboxylic acids is 3. The van der Waals surface area contributed by atoms with Gasteiger partial charge >= 0.3 is 0 Å². The van der Waals surface area contributed by atoms with Gasteiger partial charge in [0.15, 0.2) is 5.78 Å². The fourth-order valence-electron chi connectivity index (χ4n) is 3.62. The highest BCUT2D eigenvalue weighted by Gasteiger charge is 2.27. The lowest BCUT2D eigenvalue weighted by Gasteiger charge is -2.07. The lowest BCUT2D eigenvalue weighted by Crippen LogP contribution is -2.41. The quantitative estimate of drug-likeness (QED) is 0.398. The van der Waals surface area contributed by atoms with E-state index in [1.54, 1.807) is 30.3 Å². The lowest BCUT2D eigenvalue weighted by atomic mass is 10.0. The van der Waals surface area contributed by atoms with Crippen molar-refractivity contribution in [2.75, 3.05) is 0 Å². The molecule has 1 aromatic heterocycles. The maximum absolute atomic E-state index is 12.6. The largest absolute Gasteiger partial charge is 0.289 e. The van der Waals surface area contributed by atoms with Gasteiger partial charge < -0.3 is 0 Å². The normalized spacial score (nSPS) is 11.5. The number of nitrogens with zero attached hydrogens (tertiary/aromatic N) is 1. The van der Waals surface area contributed by atoms with Gasteiger partial charge in [-0.25, -0.2) is 0 Å². The van der Waals surface area contributed by atoms with Crippen molar-refractivity contribution in [2.45, 2.75) is 0 Å². The van der Waals surface area contributed by atoms with E-state index in [1.807, 2.05) is 48.5 Å². The Bertz CT molecular complexity index is 1340. The summed E-state index contributed by atoms with van der Waals surface area (Å²) in [6.07, 6.45) is 0. The minimum Gasteiger partial charge on any atom is -0.289 e. The zero-order valence-corrected chi connectivity index (χ0v) is 16.2. The Labute approximate surface area is 177 Å². The first-order valence-electron chi connectivity index (χ1n) is 9.61. The number of aromatic nitrogens is 2. The molecule has 31 heavy (non-hydrogen) atoms. The molecule has 7 heteroatoms. The van der Waals surface area contributed by atoms with Crippen LogP contribution in [-0.2, 0) is 0 Å². The van der Waals surface area contributed by atoms with Gasteiger partial charge in [-0.15, -0.1) is 0 Å². The van der Waals surface area contributed by atoms with Crippen molar-refractivity contribution >= 4 is 17.6 Å². The van der Waals surface area contributed by atoms with Crippen molar-refractivity contribution in [2.24, 2.45) is 0 Å². The van der Waals surface area contributed by atoms with Crippen LogP contribution >= 0.6 is 0 Å². The summed E-state index contributed by atoms with van der Waals surface area (Å²) in [6.45, 7) is 0. The highest BCUT2D eigenvalue weighted by atomic mass is 16.2. The van der Waals surface area contributed by atoms with E-state index < -0.39 is 11.8 Å². The molecule has 4 aromatic rings. The van der Waals surface area contributed by atoms with Gasteiger partial charge in [0.2, 0.25) is 0 Å². The number of nitrogens with one attached hydrogen (secondary N) is 3. The minimum absolute atomic E-state index is 0.116. The second kappa shape index (κ2) is 7.38. The standard InChI is InChI=1S/C24H16N4O3/c29-22-18-9-5-4-8-16(18)17-11-10-15(12-19(17)22)23(30)27-28-24(31)21-13-20(25-26-21)14-6-2-1-3-7-14/h1-13H,(H,25,26)(H,27,30)(H,28,31). The Morgan fingerprint density at radius 3 is 2.19 bits per heavy atom. The van der Waals surface area contributed by atoms with Crippen LogP contribution in [0, 0.1) is 0 Å². The van der Waals surface area contributed by atoms with Crippen LogP contribution in [0.25, 0.3) is 22.4 Å². The van der Waals surface area contributed by atoms with Crippen LogP contribution in [0.4, 0.5) is 0 Å². The van der Waals surface area contributed by atoms with Crippen molar-refractivity contribution in [3.8, 4) is 22.4 Å². The van der Waals surface area contributed by atoms with Gasteiger partial charge in [0.25, 0.3) is 11.8 Å². The molecule has 0 atom stereocenters. The monoisotopic (exact) mass is 408 g/mol. The van der Waals surface area contributed by atoms with E-state index in [0.717, 1.165) is 16.7 Å². The van der Waals surface area contributed by atoms with Crippen molar-refractivity contribution in [3.63, 3.8) is 0 Å². The molecule has 0 aliphatic heterocycles. The van der Waals surface area contributed by atoms with Gasteiger partial charge in [0.05, 0.1) is 5.69 Å². The van der Waals surface area contributed by atoms with E-state index in [-0.39, 0.29) is 17.0 Å². The molecule has 0 fully saturated rings. The van der Waals surface area contributed by atoms with E-state index in [9.17, 15) is 14.4 Å². The Balaban J connectivity index is 1.28. The molecule has 3 aromatic carbocycles. The van der Waals surface area contributed by atoms with Gasteiger partial charge in [-0.3, -0.25) is 30.3 Å². The molecule has 2 amide bonds. The summed E-state index contributed by atoms with van der Waals surface area (Å²) in [7, 11) is 0. The molecule has 7 nitrogen and oxygen atoms in total. The summed E-state index contributed by atoms with van der Waals surface area (Å²) in [5.74, 6) is -1.18. The third kappa shape index (κ3) is 3.28. The Morgan fingerprint density at radius 1 is 0.710 bits per heavy atom. The first kappa shape index (κ1) is 18.5. The molecule has 150 valence electrons. The first-order chi connectivity index (χ1) is 15.1. The average molecular weight is 408 g/mol. The zero-order valence-electron chi connectivity index (χ0n) is 16.2. The predicted octanol–water partition coefficient (Wildman–Crippen LogP) is 3.36. The molecule has 5 rings (SSSR count). The lowest BCUT2D eigenvalue weighted by molar-refractivity contribution is 0.0844. The number of carbonyl (C=O) groups is 3. The number of H-pyrrole nitrogens is 1. The van der Waals surface area contributed by atoms with Crippen LogP contribution in [0.1, 0.15) is 36.8 Å². The summed E-state index contributed by atoms with van der Waals surface area (Å²) in [4.78, 5) is 37.5. The van der Waals surface area contributed by atoms with E-state index in [2.05, 4.69) is 21.0 Å². The van der Waals surface area contributed by atoms with Crippen LogP contribution in [-0.4, -0.2) is 27.8 Å². The molecule has 0 saturated heterocycles. The molecular formula is C24H16N4O3. The molecule has 0 bridgehead atoms. The third-order valence-electron chi connectivity index (χ3n) is 5.17. The summed E-state index contributed by atoms with van der Waals surface area (Å²) in [5, 5.41) is 6.78. The summed E-state index contributed by atoms with van der Waals surface area (Å²) < 4.78 is 0. The Morgan fingerprint density at radius 2 is 1.39 bits per heavy atom. The van der Waals surface area contributed by atoms with Gasteiger partial charge in [-0.1, -0.05) is 60.7 Å². The number of rotatable bonds is 3. The zero-order chi connectivity index (χ0) is 21.4.